The van der Waals surface area contributed by atoms with Gasteiger partial charge in [-0.15, -0.1) is 0 Å². The lowest BCUT2D eigenvalue weighted by Crippen LogP contribution is -2.52. The van der Waals surface area contributed by atoms with Gasteiger partial charge in [0.15, 0.2) is 0 Å². The van der Waals surface area contributed by atoms with Crippen LogP contribution in [0, 0.1) is 12.7 Å². The molecule has 1 fully saturated rings. The van der Waals surface area contributed by atoms with Crippen LogP contribution in [0.4, 0.5) is 10.1 Å². The van der Waals surface area contributed by atoms with Crippen molar-refractivity contribution in [3.8, 4) is 0 Å². The fourth-order valence-corrected chi connectivity index (χ4v) is 5.41. The van der Waals surface area contributed by atoms with Crippen LogP contribution in [0.15, 0.2) is 42.5 Å². The van der Waals surface area contributed by atoms with E-state index in [0.717, 1.165) is 36.2 Å². The van der Waals surface area contributed by atoms with E-state index >= 15 is 0 Å². The molecule has 35 heavy (non-hydrogen) atoms. The molecule has 1 aliphatic carbocycles. The number of anilines is 1. The number of halogens is 2. The molecule has 0 unspecified atom stereocenters. The average molecular weight is 524 g/mol. The van der Waals surface area contributed by atoms with Gasteiger partial charge in [0.2, 0.25) is 21.8 Å². The van der Waals surface area contributed by atoms with E-state index in [-0.39, 0.29) is 24.1 Å². The van der Waals surface area contributed by atoms with Gasteiger partial charge < -0.3 is 10.2 Å². The predicted molar refractivity (Wildman–Crippen MR) is 135 cm³/mol. The molecule has 0 bridgehead atoms. The largest absolute Gasteiger partial charge is 0.352 e. The molecule has 0 aromatic heterocycles. The summed E-state index contributed by atoms with van der Waals surface area (Å²) in [4.78, 5) is 27.8. The van der Waals surface area contributed by atoms with Crippen molar-refractivity contribution >= 4 is 39.1 Å². The molecule has 1 N–H and O–H groups in total. The van der Waals surface area contributed by atoms with Gasteiger partial charge in [0.05, 0.1) is 11.9 Å². The number of hydrogen-bond donors (Lipinski definition) is 1. The Morgan fingerprint density at radius 2 is 1.83 bits per heavy atom. The zero-order valence-electron chi connectivity index (χ0n) is 20.1. The van der Waals surface area contributed by atoms with Crippen LogP contribution in [0.5, 0.6) is 0 Å². The highest BCUT2D eigenvalue weighted by Gasteiger charge is 2.32. The second kappa shape index (κ2) is 11.4. The van der Waals surface area contributed by atoms with Crippen molar-refractivity contribution in [3.05, 3.63) is 64.4 Å². The lowest BCUT2D eigenvalue weighted by Gasteiger charge is -2.32. The zero-order chi connectivity index (χ0) is 25.8. The highest BCUT2D eigenvalue weighted by atomic mass is 35.5. The molecule has 1 aliphatic rings. The summed E-state index contributed by atoms with van der Waals surface area (Å²) in [6.07, 6.45) is 4.81. The Morgan fingerprint density at radius 1 is 1.17 bits per heavy atom. The fourth-order valence-electron chi connectivity index (χ4n) is 4.28. The number of nitrogens with zero attached hydrogens (tertiary/aromatic N) is 2. The summed E-state index contributed by atoms with van der Waals surface area (Å²) < 4.78 is 40.8. The predicted octanol–water partition coefficient (Wildman–Crippen LogP) is 4.03. The molecule has 0 radical (unpaired) electrons. The second-order valence-electron chi connectivity index (χ2n) is 8.98. The standard InChI is InChI=1S/C25H31ClFN3O4S/c1-17-14-20(26)12-13-23(17)30(35(3,33)34)16-24(31)29(15-19-8-4-7-11-22(19)27)18(2)25(32)28-21-9-5-6-10-21/h4,7-8,11-14,18,21H,5-6,9-10,15-16H2,1-3H3,(H,28,32)/t18-/m0/s1. The van der Waals surface area contributed by atoms with Crippen LogP contribution < -0.4 is 9.62 Å². The van der Waals surface area contributed by atoms with Crippen LogP contribution in [0.25, 0.3) is 0 Å². The first-order chi connectivity index (χ1) is 16.5. The maximum atomic E-state index is 14.5. The summed E-state index contributed by atoms with van der Waals surface area (Å²) in [6, 6.07) is 9.78. The Balaban J connectivity index is 1.91. The second-order valence-corrected chi connectivity index (χ2v) is 11.3. The fraction of sp³-hybridized carbons (Fsp3) is 0.440. The quantitative estimate of drug-likeness (QED) is 0.537. The van der Waals surface area contributed by atoms with Crippen molar-refractivity contribution in [2.24, 2.45) is 0 Å². The normalized spacial score (nSPS) is 15.0. The van der Waals surface area contributed by atoms with Gasteiger partial charge in [-0.25, -0.2) is 12.8 Å². The van der Waals surface area contributed by atoms with E-state index < -0.39 is 34.3 Å². The van der Waals surface area contributed by atoms with E-state index in [1.807, 2.05) is 0 Å². The smallest absolute Gasteiger partial charge is 0.244 e. The summed E-state index contributed by atoms with van der Waals surface area (Å²) in [5.41, 5.74) is 1.11. The number of aryl methyl sites for hydroxylation is 1. The number of sulfonamides is 1. The lowest BCUT2D eigenvalue weighted by molar-refractivity contribution is -0.139. The highest BCUT2D eigenvalue weighted by molar-refractivity contribution is 7.92. The summed E-state index contributed by atoms with van der Waals surface area (Å²) in [7, 11) is -3.86. The molecule has 190 valence electrons. The molecule has 2 aromatic rings. The third-order valence-corrected chi connectivity index (χ3v) is 7.64. The van der Waals surface area contributed by atoms with Crippen LogP contribution in [0.3, 0.4) is 0 Å². The first-order valence-corrected chi connectivity index (χ1v) is 13.8. The molecule has 0 heterocycles. The number of carbonyl (C=O) groups is 2. The maximum Gasteiger partial charge on any atom is 0.244 e. The van der Waals surface area contributed by atoms with Gasteiger partial charge in [0, 0.05) is 23.2 Å². The lowest BCUT2D eigenvalue weighted by atomic mass is 10.1. The summed E-state index contributed by atoms with van der Waals surface area (Å²) in [5, 5.41) is 3.41. The molecule has 2 amide bonds. The van der Waals surface area contributed by atoms with Gasteiger partial charge in [0.1, 0.15) is 18.4 Å². The molecule has 0 spiro atoms. The van der Waals surface area contributed by atoms with Crippen LogP contribution in [0.1, 0.15) is 43.7 Å². The number of amides is 2. The van der Waals surface area contributed by atoms with Crippen molar-refractivity contribution in [2.75, 3.05) is 17.1 Å². The first-order valence-electron chi connectivity index (χ1n) is 11.5. The number of benzene rings is 2. The van der Waals surface area contributed by atoms with Gasteiger partial charge in [-0.1, -0.05) is 42.6 Å². The summed E-state index contributed by atoms with van der Waals surface area (Å²) in [5.74, 6) is -1.49. The molecule has 1 atom stereocenters. The SMILES string of the molecule is Cc1cc(Cl)ccc1N(CC(=O)N(Cc1ccccc1F)[C@@H](C)C(=O)NC1CCCC1)S(C)(=O)=O. The van der Waals surface area contributed by atoms with Crippen LogP contribution >= 0.6 is 11.6 Å². The van der Waals surface area contributed by atoms with Gasteiger partial charge in [0.25, 0.3) is 0 Å². The molecule has 10 heteroatoms. The summed E-state index contributed by atoms with van der Waals surface area (Å²) in [6.45, 7) is 2.54. The third-order valence-electron chi connectivity index (χ3n) is 6.27. The van der Waals surface area contributed by atoms with E-state index in [2.05, 4.69) is 5.32 Å². The Bertz CT molecular complexity index is 1180. The van der Waals surface area contributed by atoms with E-state index in [9.17, 15) is 22.4 Å². The minimum atomic E-state index is -3.86. The zero-order valence-corrected chi connectivity index (χ0v) is 21.7. The van der Waals surface area contributed by atoms with Gasteiger partial charge >= 0.3 is 0 Å². The van der Waals surface area contributed by atoms with Crippen molar-refractivity contribution in [3.63, 3.8) is 0 Å². The average Bonchev–Trinajstić information content (AvgIpc) is 3.29. The van der Waals surface area contributed by atoms with Crippen LogP contribution in [0.2, 0.25) is 5.02 Å². The van der Waals surface area contributed by atoms with Crippen LogP contribution in [-0.4, -0.2) is 50.0 Å². The number of nitrogens with one attached hydrogen (secondary N) is 1. The molecule has 0 aliphatic heterocycles. The maximum absolute atomic E-state index is 14.5. The molecule has 7 nitrogen and oxygen atoms in total. The summed E-state index contributed by atoms with van der Waals surface area (Å²) >= 11 is 6.02. The molecule has 3 rings (SSSR count). The minimum absolute atomic E-state index is 0.0413. The molecule has 2 aromatic carbocycles. The Morgan fingerprint density at radius 3 is 2.43 bits per heavy atom. The van der Waals surface area contributed by atoms with Crippen molar-refractivity contribution < 1.29 is 22.4 Å². The topological polar surface area (TPSA) is 86.8 Å². The van der Waals surface area contributed by atoms with Crippen molar-refractivity contribution in [2.45, 2.75) is 58.2 Å². The van der Waals surface area contributed by atoms with E-state index in [1.165, 1.54) is 29.2 Å². The third kappa shape index (κ3) is 6.95. The van der Waals surface area contributed by atoms with E-state index in [1.54, 1.807) is 32.0 Å². The van der Waals surface area contributed by atoms with Gasteiger partial charge in [-0.3, -0.25) is 13.9 Å². The van der Waals surface area contributed by atoms with Crippen LogP contribution in [-0.2, 0) is 26.2 Å². The van der Waals surface area contributed by atoms with Crippen molar-refractivity contribution in [1.82, 2.24) is 10.2 Å². The van der Waals surface area contributed by atoms with Gasteiger partial charge in [-0.2, -0.15) is 0 Å². The molecular formula is C25H31ClFN3O4S. The molecular weight excluding hydrogens is 493 g/mol. The Labute approximate surface area is 211 Å². The van der Waals surface area contributed by atoms with E-state index in [4.69, 9.17) is 11.6 Å². The number of carbonyl (C=O) groups excluding carboxylic acids is 2. The molecule has 1 saturated carbocycles. The minimum Gasteiger partial charge on any atom is -0.352 e. The highest BCUT2D eigenvalue weighted by Crippen LogP contribution is 2.26. The monoisotopic (exact) mass is 523 g/mol. The number of hydrogen-bond acceptors (Lipinski definition) is 4. The Hall–Kier alpha value is -2.65. The number of rotatable bonds is 9. The van der Waals surface area contributed by atoms with E-state index in [0.29, 0.717) is 16.3 Å². The first kappa shape index (κ1) is 26.9. The molecule has 0 saturated heterocycles. The van der Waals surface area contributed by atoms with Gasteiger partial charge in [-0.05, 0) is 56.5 Å². The Kier molecular flexibility index (Phi) is 8.77. The van der Waals surface area contributed by atoms with Crippen molar-refractivity contribution in [1.29, 1.82) is 0 Å².